The molecule has 1 aliphatic heterocycles. The van der Waals surface area contributed by atoms with Crippen LogP contribution in [0.25, 0.3) is 0 Å². The van der Waals surface area contributed by atoms with Crippen LogP contribution in [0.3, 0.4) is 0 Å². The molecule has 2 aromatic rings. The number of likely N-dealkylation sites (tertiary alicyclic amines) is 1. The lowest BCUT2D eigenvalue weighted by Gasteiger charge is -2.32. The summed E-state index contributed by atoms with van der Waals surface area (Å²) in [6.45, 7) is 1.64. The molecule has 9 heteroatoms. The highest BCUT2D eigenvalue weighted by Gasteiger charge is 2.22. The molecule has 0 aliphatic carbocycles. The molecule has 1 saturated heterocycles. The number of benzene rings is 2. The zero-order chi connectivity index (χ0) is 20.8. The third-order valence-electron chi connectivity index (χ3n) is 4.65. The predicted molar refractivity (Wildman–Crippen MR) is 116 cm³/mol. The number of nitrogens with one attached hydrogen (secondary N) is 2. The van der Waals surface area contributed by atoms with Crippen molar-refractivity contribution in [2.75, 3.05) is 13.1 Å². The summed E-state index contributed by atoms with van der Waals surface area (Å²) in [4.78, 5) is 26.1. The Labute approximate surface area is 183 Å². The van der Waals surface area contributed by atoms with Crippen molar-refractivity contribution in [2.45, 2.75) is 30.3 Å². The Morgan fingerprint density at radius 3 is 2.59 bits per heavy atom. The van der Waals surface area contributed by atoms with Gasteiger partial charge in [0.2, 0.25) is 0 Å². The summed E-state index contributed by atoms with van der Waals surface area (Å²) in [5, 5.41) is 13.1. The number of amides is 2. The van der Waals surface area contributed by atoms with Crippen LogP contribution in [0, 0.1) is 0 Å². The first-order chi connectivity index (χ1) is 13.9. The minimum Gasteiger partial charge on any atom is -0.478 e. The standard InChI is InChI=1S/C20H21Cl2N3O3S/c21-15-5-4-14(18(22)11-15)12-23-20(28)25-8-6-16(7-9-25)24-29-17-3-1-2-13(10-17)19(26)27/h1-5,10-11,16,24H,6-9,12H2,(H,23,28)(H,26,27). The fourth-order valence-corrected chi connectivity index (χ4v) is 4.34. The number of piperidine rings is 1. The highest BCUT2D eigenvalue weighted by molar-refractivity contribution is 7.97. The number of nitrogens with zero attached hydrogens (tertiary/aromatic N) is 1. The van der Waals surface area contributed by atoms with E-state index in [1.165, 1.54) is 11.9 Å². The first-order valence-corrected chi connectivity index (χ1v) is 10.7. The van der Waals surface area contributed by atoms with Crippen LogP contribution >= 0.6 is 35.1 Å². The summed E-state index contributed by atoms with van der Waals surface area (Å²) < 4.78 is 3.37. The molecule has 3 N–H and O–H groups in total. The quantitative estimate of drug-likeness (QED) is 0.553. The fourth-order valence-electron chi connectivity index (χ4n) is 2.99. The molecule has 0 radical (unpaired) electrons. The van der Waals surface area contributed by atoms with E-state index in [0.29, 0.717) is 29.7 Å². The fraction of sp³-hybridized carbons (Fsp3) is 0.300. The molecule has 2 amide bonds. The third-order valence-corrected chi connectivity index (χ3v) is 6.18. The number of hydrogen-bond donors (Lipinski definition) is 3. The van der Waals surface area contributed by atoms with Gasteiger partial charge in [-0.25, -0.2) is 9.59 Å². The van der Waals surface area contributed by atoms with E-state index in [1.807, 2.05) is 6.07 Å². The Kier molecular flexibility index (Phi) is 7.66. The third kappa shape index (κ3) is 6.27. The molecule has 29 heavy (non-hydrogen) atoms. The van der Waals surface area contributed by atoms with Gasteiger partial charge in [-0.3, -0.25) is 4.72 Å². The van der Waals surface area contributed by atoms with Crippen molar-refractivity contribution in [3.05, 3.63) is 63.6 Å². The lowest BCUT2D eigenvalue weighted by atomic mass is 10.1. The minimum absolute atomic E-state index is 0.115. The number of carbonyl (C=O) groups excluding carboxylic acids is 1. The van der Waals surface area contributed by atoms with Crippen molar-refractivity contribution >= 4 is 47.2 Å². The summed E-state index contributed by atoms with van der Waals surface area (Å²) >= 11 is 13.4. The molecule has 0 spiro atoms. The van der Waals surface area contributed by atoms with Crippen LogP contribution in [0.15, 0.2) is 47.4 Å². The summed E-state index contributed by atoms with van der Waals surface area (Å²) in [7, 11) is 0. The van der Waals surface area contributed by atoms with E-state index in [-0.39, 0.29) is 17.6 Å². The Bertz CT molecular complexity index is 889. The number of carboxylic acids is 1. The van der Waals surface area contributed by atoms with Crippen molar-refractivity contribution < 1.29 is 14.7 Å². The number of rotatable bonds is 6. The van der Waals surface area contributed by atoms with Gasteiger partial charge in [0.25, 0.3) is 0 Å². The zero-order valence-electron chi connectivity index (χ0n) is 15.5. The van der Waals surface area contributed by atoms with Gasteiger partial charge < -0.3 is 15.3 Å². The number of aromatic carboxylic acids is 1. The van der Waals surface area contributed by atoms with Crippen LogP contribution in [0.5, 0.6) is 0 Å². The number of urea groups is 1. The Hall–Kier alpha value is -1.93. The molecule has 2 aromatic carbocycles. The highest BCUT2D eigenvalue weighted by Crippen LogP contribution is 2.22. The Morgan fingerprint density at radius 2 is 1.90 bits per heavy atom. The van der Waals surface area contributed by atoms with Gasteiger partial charge in [0.1, 0.15) is 0 Å². The molecule has 3 rings (SSSR count). The second kappa shape index (κ2) is 10.2. The topological polar surface area (TPSA) is 81.7 Å². The van der Waals surface area contributed by atoms with Crippen LogP contribution in [0.1, 0.15) is 28.8 Å². The molecule has 6 nitrogen and oxygen atoms in total. The van der Waals surface area contributed by atoms with E-state index in [0.717, 1.165) is 23.3 Å². The highest BCUT2D eigenvalue weighted by atomic mass is 35.5. The molecule has 0 aromatic heterocycles. The van der Waals surface area contributed by atoms with Crippen molar-refractivity contribution in [1.82, 2.24) is 14.9 Å². The molecule has 154 valence electrons. The maximum Gasteiger partial charge on any atom is 0.335 e. The van der Waals surface area contributed by atoms with Gasteiger partial charge in [0.15, 0.2) is 0 Å². The monoisotopic (exact) mass is 453 g/mol. The number of halogens is 2. The van der Waals surface area contributed by atoms with Gasteiger partial charge >= 0.3 is 12.0 Å². The largest absolute Gasteiger partial charge is 0.478 e. The maximum atomic E-state index is 12.4. The average molecular weight is 454 g/mol. The lowest BCUT2D eigenvalue weighted by molar-refractivity contribution is 0.0696. The van der Waals surface area contributed by atoms with Gasteiger partial charge in [0, 0.05) is 40.6 Å². The average Bonchev–Trinajstić information content (AvgIpc) is 2.72. The smallest absolute Gasteiger partial charge is 0.335 e. The van der Waals surface area contributed by atoms with E-state index in [2.05, 4.69) is 10.0 Å². The lowest BCUT2D eigenvalue weighted by Crippen LogP contribution is -2.47. The zero-order valence-corrected chi connectivity index (χ0v) is 17.9. The number of carboxylic acid groups (broad SMARTS) is 1. The normalized spacial score (nSPS) is 14.6. The second-order valence-electron chi connectivity index (χ2n) is 6.71. The van der Waals surface area contributed by atoms with E-state index in [4.69, 9.17) is 28.3 Å². The van der Waals surface area contributed by atoms with Crippen molar-refractivity contribution in [3.8, 4) is 0 Å². The molecule has 1 heterocycles. The molecular weight excluding hydrogens is 433 g/mol. The van der Waals surface area contributed by atoms with Crippen molar-refractivity contribution in [3.63, 3.8) is 0 Å². The molecule has 0 saturated carbocycles. The molecule has 0 bridgehead atoms. The predicted octanol–water partition coefficient (Wildman–Crippen LogP) is 4.66. The van der Waals surface area contributed by atoms with Crippen LogP contribution in [0.2, 0.25) is 10.0 Å². The summed E-state index contributed by atoms with van der Waals surface area (Å²) in [5.74, 6) is -0.938. The Balaban J connectivity index is 1.42. The van der Waals surface area contributed by atoms with Gasteiger partial charge in [-0.15, -0.1) is 0 Å². The van der Waals surface area contributed by atoms with Crippen LogP contribution < -0.4 is 10.0 Å². The molecular formula is C20H21Cl2N3O3S. The summed E-state index contributed by atoms with van der Waals surface area (Å²) in [6, 6.07) is 12.2. The maximum absolute atomic E-state index is 12.4. The summed E-state index contributed by atoms with van der Waals surface area (Å²) in [6.07, 6.45) is 1.64. The van der Waals surface area contributed by atoms with E-state index < -0.39 is 5.97 Å². The minimum atomic E-state index is -0.938. The number of hydrogen-bond acceptors (Lipinski definition) is 4. The van der Waals surface area contributed by atoms with E-state index >= 15 is 0 Å². The van der Waals surface area contributed by atoms with Crippen LogP contribution in [-0.2, 0) is 6.54 Å². The Morgan fingerprint density at radius 1 is 1.14 bits per heavy atom. The second-order valence-corrected chi connectivity index (χ2v) is 8.46. The molecule has 1 fully saturated rings. The van der Waals surface area contributed by atoms with Gasteiger partial charge in [-0.2, -0.15) is 0 Å². The van der Waals surface area contributed by atoms with Crippen molar-refractivity contribution in [1.29, 1.82) is 0 Å². The first-order valence-electron chi connectivity index (χ1n) is 9.15. The van der Waals surface area contributed by atoms with Crippen molar-refractivity contribution in [2.24, 2.45) is 0 Å². The summed E-state index contributed by atoms with van der Waals surface area (Å²) in [5.41, 5.74) is 1.09. The van der Waals surface area contributed by atoms with E-state index in [1.54, 1.807) is 41.3 Å². The van der Waals surface area contributed by atoms with Gasteiger partial charge in [0.05, 0.1) is 5.56 Å². The molecule has 0 atom stereocenters. The van der Waals surface area contributed by atoms with E-state index in [9.17, 15) is 9.59 Å². The molecule has 0 unspecified atom stereocenters. The first kappa shape index (κ1) is 21.8. The van der Waals surface area contributed by atoms with Gasteiger partial charge in [-0.1, -0.05) is 35.3 Å². The SMILES string of the molecule is O=C(O)c1cccc(SNC2CCN(C(=O)NCc3ccc(Cl)cc3Cl)CC2)c1. The number of carbonyl (C=O) groups is 2. The van der Waals surface area contributed by atoms with Crippen LogP contribution in [-0.4, -0.2) is 41.1 Å². The molecule has 1 aliphatic rings. The van der Waals surface area contributed by atoms with Crippen LogP contribution in [0.4, 0.5) is 4.79 Å². The van der Waals surface area contributed by atoms with Gasteiger partial charge in [-0.05, 0) is 60.7 Å².